The standard InChI is InChI=1S/C24H24F2N2O6/c25-24(26,22(30)31)13-28-21(29)20-14(9-10-33-20)11-27-23(32)34-12-19-17-7-3-1-5-15(17)16-6-2-4-8-18(16)19/h1-8,14,19-20H,9-13H2,(H,27,32)(H,28,29)(H,30,31). The van der Waals surface area contributed by atoms with Crippen molar-refractivity contribution in [2.45, 2.75) is 24.4 Å². The molecule has 2 aromatic carbocycles. The van der Waals surface area contributed by atoms with Crippen molar-refractivity contribution >= 4 is 18.0 Å². The molecule has 10 heteroatoms. The molecule has 1 aliphatic carbocycles. The van der Waals surface area contributed by atoms with Crippen LogP contribution in [0.1, 0.15) is 23.5 Å². The minimum absolute atomic E-state index is 0.0457. The van der Waals surface area contributed by atoms with Crippen LogP contribution in [0.3, 0.4) is 0 Å². The van der Waals surface area contributed by atoms with Gasteiger partial charge >= 0.3 is 18.0 Å². The minimum atomic E-state index is -4.08. The van der Waals surface area contributed by atoms with Crippen LogP contribution in [0.5, 0.6) is 0 Å². The average Bonchev–Trinajstić information content (AvgIpc) is 3.42. The number of carbonyl (C=O) groups is 3. The molecule has 0 radical (unpaired) electrons. The number of amides is 2. The highest BCUT2D eigenvalue weighted by atomic mass is 19.3. The lowest BCUT2D eigenvalue weighted by molar-refractivity contribution is -0.164. The van der Waals surface area contributed by atoms with Crippen LogP contribution in [-0.2, 0) is 19.1 Å². The molecule has 0 spiro atoms. The molecular formula is C24H24F2N2O6. The number of carboxylic acids is 1. The normalized spacial score (nSPS) is 19.2. The van der Waals surface area contributed by atoms with Gasteiger partial charge in [0.2, 0.25) is 5.91 Å². The van der Waals surface area contributed by atoms with Gasteiger partial charge in [-0.2, -0.15) is 8.78 Å². The van der Waals surface area contributed by atoms with Crippen LogP contribution in [-0.4, -0.2) is 61.4 Å². The van der Waals surface area contributed by atoms with Gasteiger partial charge in [0.1, 0.15) is 12.7 Å². The Morgan fingerprint density at radius 2 is 1.65 bits per heavy atom. The summed E-state index contributed by atoms with van der Waals surface area (Å²) in [5.41, 5.74) is 4.38. The molecule has 180 valence electrons. The van der Waals surface area contributed by atoms with Crippen molar-refractivity contribution in [2.75, 3.05) is 26.3 Å². The van der Waals surface area contributed by atoms with Gasteiger partial charge in [-0.05, 0) is 28.7 Å². The van der Waals surface area contributed by atoms with Crippen LogP contribution in [0.2, 0.25) is 0 Å². The Kier molecular flexibility index (Phi) is 6.78. The highest BCUT2D eigenvalue weighted by Gasteiger charge is 2.41. The molecule has 0 bridgehead atoms. The van der Waals surface area contributed by atoms with Crippen molar-refractivity contribution in [3.05, 3.63) is 59.7 Å². The second-order valence-corrected chi connectivity index (χ2v) is 8.27. The van der Waals surface area contributed by atoms with E-state index < -0.39 is 42.5 Å². The number of benzene rings is 2. The number of hydrogen-bond acceptors (Lipinski definition) is 5. The summed E-state index contributed by atoms with van der Waals surface area (Å²) >= 11 is 0. The van der Waals surface area contributed by atoms with Gasteiger partial charge in [0.05, 0.1) is 6.54 Å². The molecule has 1 heterocycles. The fourth-order valence-corrected chi connectivity index (χ4v) is 4.37. The molecule has 34 heavy (non-hydrogen) atoms. The van der Waals surface area contributed by atoms with Gasteiger partial charge in [0.25, 0.3) is 0 Å². The number of rotatable bonds is 8. The third kappa shape index (κ3) is 4.86. The number of alkyl carbamates (subject to hydrolysis) is 1. The van der Waals surface area contributed by atoms with E-state index in [0.29, 0.717) is 6.42 Å². The second-order valence-electron chi connectivity index (χ2n) is 8.27. The van der Waals surface area contributed by atoms with Gasteiger partial charge < -0.3 is 25.2 Å². The topological polar surface area (TPSA) is 114 Å². The average molecular weight is 474 g/mol. The van der Waals surface area contributed by atoms with E-state index in [1.54, 1.807) is 0 Å². The lowest BCUT2D eigenvalue weighted by Crippen LogP contribution is -2.47. The highest BCUT2D eigenvalue weighted by molar-refractivity contribution is 5.83. The first kappa shape index (κ1) is 23.6. The number of aliphatic carboxylic acids is 1. The Morgan fingerprint density at radius 1 is 1.03 bits per heavy atom. The van der Waals surface area contributed by atoms with Crippen molar-refractivity contribution in [1.82, 2.24) is 10.6 Å². The van der Waals surface area contributed by atoms with Crippen LogP contribution >= 0.6 is 0 Å². The van der Waals surface area contributed by atoms with E-state index in [9.17, 15) is 23.2 Å². The summed E-state index contributed by atoms with van der Waals surface area (Å²) < 4.78 is 37.2. The number of alkyl halides is 2. The Labute approximate surface area is 194 Å². The van der Waals surface area contributed by atoms with Gasteiger partial charge in [-0.1, -0.05) is 48.5 Å². The predicted molar refractivity (Wildman–Crippen MR) is 117 cm³/mol. The quantitative estimate of drug-likeness (QED) is 0.542. The zero-order valence-corrected chi connectivity index (χ0v) is 18.1. The van der Waals surface area contributed by atoms with Gasteiger partial charge in [0.15, 0.2) is 0 Å². The number of carboxylic acid groups (broad SMARTS) is 1. The lowest BCUT2D eigenvalue weighted by atomic mass is 9.98. The monoisotopic (exact) mass is 474 g/mol. The molecule has 3 N–H and O–H groups in total. The molecule has 0 aromatic heterocycles. The fourth-order valence-electron chi connectivity index (χ4n) is 4.37. The summed E-state index contributed by atoms with van der Waals surface area (Å²) in [5, 5.41) is 13.0. The molecule has 2 amide bonds. The smallest absolute Gasteiger partial charge is 0.407 e. The van der Waals surface area contributed by atoms with Crippen molar-refractivity contribution < 1.29 is 37.7 Å². The van der Waals surface area contributed by atoms with Crippen LogP contribution in [0.4, 0.5) is 13.6 Å². The molecule has 1 saturated heterocycles. The zero-order valence-electron chi connectivity index (χ0n) is 18.1. The van der Waals surface area contributed by atoms with Crippen LogP contribution in [0.15, 0.2) is 48.5 Å². The predicted octanol–water partition coefficient (Wildman–Crippen LogP) is 2.77. The molecule has 2 aromatic rings. The van der Waals surface area contributed by atoms with Crippen molar-refractivity contribution in [3.63, 3.8) is 0 Å². The van der Waals surface area contributed by atoms with E-state index in [-0.39, 0.29) is 25.7 Å². The van der Waals surface area contributed by atoms with E-state index in [1.807, 2.05) is 53.8 Å². The molecule has 4 rings (SSSR count). The largest absolute Gasteiger partial charge is 0.477 e. The van der Waals surface area contributed by atoms with Gasteiger partial charge in [-0.25, -0.2) is 9.59 Å². The molecule has 1 aliphatic heterocycles. The van der Waals surface area contributed by atoms with E-state index in [0.717, 1.165) is 22.3 Å². The maximum absolute atomic E-state index is 13.2. The summed E-state index contributed by atoms with van der Waals surface area (Å²) in [4.78, 5) is 35.0. The SMILES string of the molecule is O=C(NCC1CCOC1C(=O)NCC(F)(F)C(=O)O)OCC1c2ccccc2-c2ccccc21. The van der Waals surface area contributed by atoms with Gasteiger partial charge in [0, 0.05) is 25.0 Å². The third-order valence-electron chi connectivity index (χ3n) is 6.12. The first-order valence-corrected chi connectivity index (χ1v) is 10.9. The van der Waals surface area contributed by atoms with E-state index in [2.05, 4.69) is 5.32 Å². The van der Waals surface area contributed by atoms with Gasteiger partial charge in [-0.15, -0.1) is 0 Å². The minimum Gasteiger partial charge on any atom is -0.477 e. The second kappa shape index (κ2) is 9.76. The Balaban J connectivity index is 1.29. The maximum atomic E-state index is 13.2. The summed E-state index contributed by atoms with van der Waals surface area (Å²) in [6, 6.07) is 15.9. The van der Waals surface area contributed by atoms with Crippen molar-refractivity contribution in [3.8, 4) is 11.1 Å². The number of hydrogen-bond donors (Lipinski definition) is 3. The number of halogens is 2. The first-order chi connectivity index (χ1) is 16.3. The fraction of sp³-hybridized carbons (Fsp3) is 0.375. The summed E-state index contributed by atoms with van der Waals surface area (Å²) in [6.07, 6.45) is -1.30. The highest BCUT2D eigenvalue weighted by Crippen LogP contribution is 2.44. The number of nitrogens with one attached hydrogen (secondary N) is 2. The Morgan fingerprint density at radius 3 is 2.26 bits per heavy atom. The van der Waals surface area contributed by atoms with E-state index >= 15 is 0 Å². The molecule has 2 aliphatic rings. The Hall–Kier alpha value is -3.53. The van der Waals surface area contributed by atoms with Crippen LogP contribution < -0.4 is 10.6 Å². The van der Waals surface area contributed by atoms with E-state index in [4.69, 9.17) is 14.6 Å². The Bertz CT molecular complexity index is 1050. The number of ether oxygens (including phenoxy) is 2. The van der Waals surface area contributed by atoms with Crippen LogP contribution in [0, 0.1) is 5.92 Å². The maximum Gasteiger partial charge on any atom is 0.407 e. The zero-order chi connectivity index (χ0) is 24.3. The van der Waals surface area contributed by atoms with Gasteiger partial charge in [-0.3, -0.25) is 4.79 Å². The molecule has 2 unspecified atom stereocenters. The first-order valence-electron chi connectivity index (χ1n) is 10.9. The molecule has 1 fully saturated rings. The number of fused-ring (bicyclic) bond motifs is 3. The molecule has 0 saturated carbocycles. The van der Waals surface area contributed by atoms with E-state index in [1.165, 1.54) is 0 Å². The van der Waals surface area contributed by atoms with Crippen molar-refractivity contribution in [1.29, 1.82) is 0 Å². The molecule has 8 nitrogen and oxygen atoms in total. The summed E-state index contributed by atoms with van der Waals surface area (Å²) in [6.45, 7) is -0.947. The summed E-state index contributed by atoms with van der Waals surface area (Å²) in [5.74, 6) is -7.81. The summed E-state index contributed by atoms with van der Waals surface area (Å²) in [7, 11) is 0. The number of carbonyl (C=O) groups excluding carboxylic acids is 2. The van der Waals surface area contributed by atoms with Crippen LogP contribution in [0.25, 0.3) is 11.1 Å². The van der Waals surface area contributed by atoms with Crippen molar-refractivity contribution in [2.24, 2.45) is 5.92 Å². The molecule has 2 atom stereocenters. The third-order valence-corrected chi connectivity index (χ3v) is 6.12. The molecular weight excluding hydrogens is 450 g/mol. The lowest BCUT2D eigenvalue weighted by Gasteiger charge is -2.20.